The number of nitrogens with one attached hydrogen (secondary N) is 1. The molecular weight excluding hydrogens is 208 g/mol. The van der Waals surface area contributed by atoms with Crippen molar-refractivity contribution in [3.05, 3.63) is 50.4 Å². The zero-order chi connectivity index (χ0) is 11.7. The van der Waals surface area contributed by atoms with Crippen LogP contribution in [0.1, 0.15) is 5.56 Å². The van der Waals surface area contributed by atoms with Gasteiger partial charge >= 0.3 is 0 Å². The molecule has 0 aliphatic heterocycles. The molecule has 0 saturated carbocycles. The van der Waals surface area contributed by atoms with Crippen LogP contribution in [0.2, 0.25) is 0 Å². The third-order valence-electron chi connectivity index (χ3n) is 2.16. The summed E-state index contributed by atoms with van der Waals surface area (Å²) in [6.45, 7) is 0. The topological polar surface area (TPSA) is 93.9 Å². The van der Waals surface area contributed by atoms with E-state index in [2.05, 4.69) is 4.98 Å². The minimum Gasteiger partial charge on any atom is -0.507 e. The van der Waals surface area contributed by atoms with Crippen molar-refractivity contribution in [3.63, 3.8) is 0 Å². The SMILES string of the molecule is N#Cc1ccc2c(O)cc(=O)c(=O)[nH]c2c1. The molecule has 2 N–H and O–H groups in total. The first kappa shape index (κ1) is 9.93. The van der Waals surface area contributed by atoms with Crippen LogP contribution in [0.25, 0.3) is 10.9 Å². The normalized spacial score (nSPS) is 9.94. The second-order valence-corrected chi connectivity index (χ2v) is 3.22. The molecule has 2 rings (SSSR count). The lowest BCUT2D eigenvalue weighted by Crippen LogP contribution is -2.22. The predicted octanol–water partition coefficient (Wildman–Crippen LogP) is 0.466. The number of hydrogen-bond acceptors (Lipinski definition) is 4. The highest BCUT2D eigenvalue weighted by Crippen LogP contribution is 2.20. The molecule has 5 nitrogen and oxygen atoms in total. The Kier molecular flexibility index (Phi) is 2.18. The van der Waals surface area contributed by atoms with Crippen molar-refractivity contribution in [2.45, 2.75) is 0 Å². The molecule has 0 spiro atoms. The molecule has 5 heteroatoms. The van der Waals surface area contributed by atoms with Crippen LogP contribution in [-0.4, -0.2) is 10.1 Å². The number of nitrogens with zero attached hydrogens (tertiary/aromatic N) is 1. The quantitative estimate of drug-likeness (QED) is 0.623. The minimum absolute atomic E-state index is 0.253. The van der Waals surface area contributed by atoms with E-state index < -0.39 is 11.0 Å². The van der Waals surface area contributed by atoms with Gasteiger partial charge in [-0.3, -0.25) is 9.59 Å². The van der Waals surface area contributed by atoms with E-state index in [0.29, 0.717) is 10.9 Å². The van der Waals surface area contributed by atoms with E-state index in [0.717, 1.165) is 6.07 Å². The molecule has 0 aliphatic rings. The van der Waals surface area contributed by atoms with Crippen LogP contribution in [-0.2, 0) is 0 Å². The molecule has 0 radical (unpaired) electrons. The van der Waals surface area contributed by atoms with E-state index in [-0.39, 0.29) is 11.3 Å². The van der Waals surface area contributed by atoms with E-state index in [9.17, 15) is 14.7 Å². The lowest BCUT2D eigenvalue weighted by molar-refractivity contribution is 0.481. The van der Waals surface area contributed by atoms with Gasteiger partial charge in [0.25, 0.3) is 5.56 Å². The number of aromatic amines is 1. The van der Waals surface area contributed by atoms with E-state index in [1.807, 2.05) is 6.07 Å². The summed E-state index contributed by atoms with van der Waals surface area (Å²) in [5.41, 5.74) is -1.07. The first-order chi connectivity index (χ1) is 7.61. The molecule has 1 heterocycles. The molecule has 0 amide bonds. The van der Waals surface area contributed by atoms with Gasteiger partial charge in [0.05, 0.1) is 17.1 Å². The number of benzene rings is 1. The zero-order valence-electron chi connectivity index (χ0n) is 8.02. The van der Waals surface area contributed by atoms with Gasteiger partial charge in [-0.05, 0) is 18.2 Å². The number of aromatic hydroxyl groups is 1. The Hall–Kier alpha value is -2.61. The molecular formula is C11H6N2O3. The Labute approximate surface area is 89.2 Å². The maximum atomic E-state index is 11.2. The summed E-state index contributed by atoms with van der Waals surface area (Å²) in [5.74, 6) is -0.289. The first-order valence-corrected chi connectivity index (χ1v) is 4.42. The van der Waals surface area contributed by atoms with E-state index in [1.165, 1.54) is 18.2 Å². The van der Waals surface area contributed by atoms with Crippen molar-refractivity contribution in [2.24, 2.45) is 0 Å². The summed E-state index contributed by atoms with van der Waals surface area (Å²) in [6, 6.07) is 7.12. The lowest BCUT2D eigenvalue weighted by atomic mass is 10.1. The third kappa shape index (κ3) is 1.53. The van der Waals surface area contributed by atoms with Crippen molar-refractivity contribution in [1.82, 2.24) is 4.98 Å². The fraction of sp³-hybridized carbons (Fsp3) is 0. The number of nitriles is 1. The number of H-pyrrole nitrogens is 1. The molecule has 0 unspecified atom stereocenters. The molecule has 0 saturated heterocycles. The molecule has 0 fully saturated rings. The van der Waals surface area contributed by atoms with Crippen molar-refractivity contribution in [2.75, 3.05) is 0 Å². The smallest absolute Gasteiger partial charge is 0.296 e. The van der Waals surface area contributed by atoms with Crippen LogP contribution >= 0.6 is 0 Å². The maximum absolute atomic E-state index is 11.2. The first-order valence-electron chi connectivity index (χ1n) is 4.42. The fourth-order valence-corrected chi connectivity index (χ4v) is 1.39. The molecule has 0 aliphatic carbocycles. The van der Waals surface area contributed by atoms with Gasteiger partial charge < -0.3 is 10.1 Å². The Morgan fingerprint density at radius 3 is 2.69 bits per heavy atom. The van der Waals surface area contributed by atoms with Crippen LogP contribution in [0, 0.1) is 11.3 Å². The van der Waals surface area contributed by atoms with Crippen LogP contribution < -0.4 is 11.0 Å². The number of rotatable bonds is 0. The second-order valence-electron chi connectivity index (χ2n) is 3.22. The highest BCUT2D eigenvalue weighted by molar-refractivity contribution is 5.84. The Morgan fingerprint density at radius 2 is 2.00 bits per heavy atom. The van der Waals surface area contributed by atoms with Crippen molar-refractivity contribution in [3.8, 4) is 11.8 Å². The Balaban J connectivity index is 3.05. The summed E-state index contributed by atoms with van der Waals surface area (Å²) in [4.78, 5) is 24.7. The molecule has 0 atom stereocenters. The summed E-state index contributed by atoms with van der Waals surface area (Å²) in [6.07, 6.45) is 0. The molecule has 16 heavy (non-hydrogen) atoms. The van der Waals surface area contributed by atoms with Gasteiger partial charge in [0.1, 0.15) is 5.75 Å². The molecule has 1 aromatic carbocycles. The number of aromatic nitrogens is 1. The molecule has 78 valence electrons. The standard InChI is InChI=1S/C11H6N2O3/c12-5-6-1-2-7-8(3-6)13-11(16)10(15)4-9(7)14/h1-4,14H,(H,13,15,16). The molecule has 2 aromatic rings. The highest BCUT2D eigenvalue weighted by atomic mass is 16.3. The summed E-state index contributed by atoms with van der Waals surface area (Å²) < 4.78 is 0. The highest BCUT2D eigenvalue weighted by Gasteiger charge is 2.03. The van der Waals surface area contributed by atoms with Crippen LogP contribution in [0.3, 0.4) is 0 Å². The summed E-state index contributed by atoms with van der Waals surface area (Å²) in [7, 11) is 0. The maximum Gasteiger partial charge on any atom is 0.296 e. The summed E-state index contributed by atoms with van der Waals surface area (Å²) in [5, 5.41) is 18.6. The predicted molar refractivity (Wildman–Crippen MR) is 57.2 cm³/mol. The fourth-order valence-electron chi connectivity index (χ4n) is 1.39. The van der Waals surface area contributed by atoms with Crippen molar-refractivity contribution in [1.29, 1.82) is 5.26 Å². The van der Waals surface area contributed by atoms with E-state index in [4.69, 9.17) is 5.26 Å². The average molecular weight is 214 g/mol. The van der Waals surface area contributed by atoms with Crippen molar-refractivity contribution >= 4 is 10.9 Å². The Bertz CT molecular complexity index is 726. The van der Waals surface area contributed by atoms with Gasteiger partial charge in [-0.2, -0.15) is 5.26 Å². The summed E-state index contributed by atoms with van der Waals surface area (Å²) >= 11 is 0. The second kappa shape index (κ2) is 3.51. The van der Waals surface area contributed by atoms with Gasteiger partial charge in [-0.1, -0.05) is 0 Å². The molecule has 0 bridgehead atoms. The zero-order valence-corrected chi connectivity index (χ0v) is 8.02. The van der Waals surface area contributed by atoms with Crippen LogP contribution in [0.5, 0.6) is 5.75 Å². The van der Waals surface area contributed by atoms with Gasteiger partial charge in [0.2, 0.25) is 5.43 Å². The van der Waals surface area contributed by atoms with E-state index in [1.54, 1.807) is 0 Å². The minimum atomic E-state index is -0.833. The monoisotopic (exact) mass is 214 g/mol. The van der Waals surface area contributed by atoms with Crippen molar-refractivity contribution < 1.29 is 5.11 Å². The third-order valence-corrected chi connectivity index (χ3v) is 2.16. The number of hydrogen-bond donors (Lipinski definition) is 2. The van der Waals surface area contributed by atoms with E-state index >= 15 is 0 Å². The average Bonchev–Trinajstić information content (AvgIpc) is 2.37. The van der Waals surface area contributed by atoms with Crippen LogP contribution in [0.15, 0.2) is 33.9 Å². The van der Waals surface area contributed by atoms with Crippen LogP contribution in [0.4, 0.5) is 0 Å². The van der Waals surface area contributed by atoms with Gasteiger partial charge in [0, 0.05) is 11.5 Å². The molecule has 1 aromatic heterocycles. The van der Waals surface area contributed by atoms with Gasteiger partial charge in [-0.25, -0.2) is 0 Å². The lowest BCUT2D eigenvalue weighted by Gasteiger charge is -1.94. The largest absolute Gasteiger partial charge is 0.507 e. The Morgan fingerprint density at radius 1 is 1.25 bits per heavy atom. The number of fused-ring (bicyclic) bond motifs is 1. The van der Waals surface area contributed by atoms with Gasteiger partial charge in [0.15, 0.2) is 0 Å². The van der Waals surface area contributed by atoms with Gasteiger partial charge in [-0.15, -0.1) is 0 Å².